The van der Waals surface area contributed by atoms with E-state index in [1.165, 1.54) is 17.2 Å². The molecule has 1 unspecified atom stereocenters. The average molecular weight is 521 g/mol. The van der Waals surface area contributed by atoms with Crippen LogP contribution < -0.4 is 4.90 Å². The summed E-state index contributed by atoms with van der Waals surface area (Å²) < 4.78 is 6.07. The van der Waals surface area contributed by atoms with Crippen LogP contribution in [0.2, 0.25) is 0 Å². The number of aliphatic hydroxyl groups excluding tert-OH is 1. The van der Waals surface area contributed by atoms with E-state index in [9.17, 15) is 19.5 Å². The van der Waals surface area contributed by atoms with Gasteiger partial charge in [0.25, 0.3) is 11.7 Å². The van der Waals surface area contributed by atoms with Gasteiger partial charge in [-0.1, -0.05) is 40.2 Å². The number of aromatic nitrogens is 1. The van der Waals surface area contributed by atoms with E-state index in [0.717, 1.165) is 4.47 Å². The van der Waals surface area contributed by atoms with E-state index in [1.807, 2.05) is 0 Å². The number of pyridine rings is 1. The van der Waals surface area contributed by atoms with Crippen molar-refractivity contribution in [3.05, 3.63) is 99.8 Å². The summed E-state index contributed by atoms with van der Waals surface area (Å²) in [4.78, 5) is 44.3. The van der Waals surface area contributed by atoms with Gasteiger partial charge in [0.2, 0.25) is 0 Å². The van der Waals surface area contributed by atoms with Crippen LogP contribution in [0.25, 0.3) is 5.76 Å². The Balaban J connectivity index is 1.87. The number of ether oxygens (including phenoxy) is 1. The standard InChI is InChI=1S/C26H21BrN2O5/c1-15(2)34-26(33)17-5-3-7-20(13-17)29-22(18-6-4-12-28-14-18)21(24(31)25(29)32)23(30)16-8-10-19(27)11-9-16/h3-15,22,30H,1-2H3/b23-21+. The average Bonchev–Trinajstić information content (AvgIpc) is 3.10. The quantitative estimate of drug-likeness (QED) is 0.219. The first-order chi connectivity index (χ1) is 16.3. The number of nitrogens with zero attached hydrogens (tertiary/aromatic N) is 2. The maximum atomic E-state index is 13.2. The van der Waals surface area contributed by atoms with Crippen LogP contribution in [-0.4, -0.2) is 33.9 Å². The number of esters is 1. The molecule has 1 amide bonds. The minimum atomic E-state index is -0.936. The first-order valence-electron chi connectivity index (χ1n) is 10.6. The molecule has 7 nitrogen and oxygen atoms in total. The Labute approximate surface area is 204 Å². The molecule has 3 aromatic rings. The van der Waals surface area contributed by atoms with Crippen LogP contribution in [0.5, 0.6) is 0 Å². The van der Waals surface area contributed by atoms with Crippen molar-refractivity contribution in [1.82, 2.24) is 4.98 Å². The van der Waals surface area contributed by atoms with E-state index >= 15 is 0 Å². The molecule has 0 bridgehead atoms. The summed E-state index contributed by atoms with van der Waals surface area (Å²) in [7, 11) is 0. The second-order valence-corrected chi connectivity index (χ2v) is 8.88. The highest BCUT2D eigenvalue weighted by Crippen LogP contribution is 2.42. The zero-order chi connectivity index (χ0) is 24.4. The van der Waals surface area contributed by atoms with Crippen LogP contribution in [0.1, 0.15) is 41.4 Å². The van der Waals surface area contributed by atoms with Gasteiger partial charge < -0.3 is 9.84 Å². The van der Waals surface area contributed by atoms with Crippen LogP contribution in [0.15, 0.2) is 83.1 Å². The highest BCUT2D eigenvalue weighted by molar-refractivity contribution is 9.10. The normalized spacial score (nSPS) is 17.3. The van der Waals surface area contributed by atoms with Crippen molar-refractivity contribution in [2.45, 2.75) is 26.0 Å². The fourth-order valence-corrected chi connectivity index (χ4v) is 4.04. The van der Waals surface area contributed by atoms with Crippen LogP contribution in [-0.2, 0) is 14.3 Å². The molecule has 2 heterocycles. The first kappa shape index (κ1) is 23.4. The molecule has 172 valence electrons. The lowest BCUT2D eigenvalue weighted by molar-refractivity contribution is -0.132. The van der Waals surface area contributed by atoms with Gasteiger partial charge in [-0.2, -0.15) is 0 Å². The molecule has 1 fully saturated rings. The lowest BCUT2D eigenvalue weighted by atomic mass is 9.96. The van der Waals surface area contributed by atoms with E-state index in [2.05, 4.69) is 20.9 Å². The van der Waals surface area contributed by atoms with Gasteiger partial charge in [-0.25, -0.2) is 4.79 Å². The van der Waals surface area contributed by atoms with Gasteiger partial charge in [0.1, 0.15) is 5.76 Å². The van der Waals surface area contributed by atoms with Crippen molar-refractivity contribution in [3.63, 3.8) is 0 Å². The molecule has 1 saturated heterocycles. The fourth-order valence-electron chi connectivity index (χ4n) is 3.78. The molecule has 0 aliphatic carbocycles. The van der Waals surface area contributed by atoms with Crippen molar-refractivity contribution in [2.24, 2.45) is 0 Å². The highest BCUT2D eigenvalue weighted by atomic mass is 79.9. The minimum Gasteiger partial charge on any atom is -0.507 e. The zero-order valence-corrected chi connectivity index (χ0v) is 20.0. The van der Waals surface area contributed by atoms with Crippen molar-refractivity contribution >= 4 is 45.0 Å². The molecule has 0 spiro atoms. The van der Waals surface area contributed by atoms with E-state index < -0.39 is 23.7 Å². The van der Waals surface area contributed by atoms with E-state index in [1.54, 1.807) is 74.6 Å². The molecule has 34 heavy (non-hydrogen) atoms. The highest BCUT2D eigenvalue weighted by Gasteiger charge is 2.47. The summed E-state index contributed by atoms with van der Waals surface area (Å²) in [6.45, 7) is 3.48. The van der Waals surface area contributed by atoms with Crippen molar-refractivity contribution in [1.29, 1.82) is 0 Å². The van der Waals surface area contributed by atoms with Crippen molar-refractivity contribution in [2.75, 3.05) is 4.90 Å². The number of benzene rings is 2. The van der Waals surface area contributed by atoms with E-state index in [4.69, 9.17) is 4.74 Å². The van der Waals surface area contributed by atoms with Crippen molar-refractivity contribution in [3.8, 4) is 0 Å². The first-order valence-corrected chi connectivity index (χ1v) is 11.3. The summed E-state index contributed by atoms with van der Waals surface area (Å²) in [5, 5.41) is 11.1. The number of ketones is 1. The van der Waals surface area contributed by atoms with Crippen LogP contribution >= 0.6 is 15.9 Å². The fraction of sp³-hybridized carbons (Fsp3) is 0.154. The summed E-state index contributed by atoms with van der Waals surface area (Å²) in [5.74, 6) is -2.48. The van der Waals surface area contributed by atoms with Gasteiger partial charge in [0.05, 0.1) is 23.3 Å². The third-order valence-electron chi connectivity index (χ3n) is 5.27. The van der Waals surface area contributed by atoms with Gasteiger partial charge in [-0.05, 0) is 55.8 Å². The zero-order valence-electron chi connectivity index (χ0n) is 18.4. The largest absolute Gasteiger partial charge is 0.507 e. The Bertz CT molecular complexity index is 1290. The molecular formula is C26H21BrN2O5. The maximum absolute atomic E-state index is 13.2. The van der Waals surface area contributed by atoms with Crippen LogP contribution in [0, 0.1) is 0 Å². The molecule has 8 heteroatoms. The lowest BCUT2D eigenvalue weighted by Crippen LogP contribution is -2.29. The molecule has 0 saturated carbocycles. The molecule has 1 N–H and O–H groups in total. The lowest BCUT2D eigenvalue weighted by Gasteiger charge is -2.25. The molecule has 1 aliphatic heterocycles. The number of Topliss-reactive ketones (excluding diaryl/α,β-unsaturated/α-hetero) is 1. The van der Waals surface area contributed by atoms with Crippen LogP contribution in [0.3, 0.4) is 0 Å². The molecule has 1 atom stereocenters. The minimum absolute atomic E-state index is 0.0597. The summed E-state index contributed by atoms with van der Waals surface area (Å²) >= 11 is 3.35. The number of hydrogen-bond acceptors (Lipinski definition) is 6. The van der Waals surface area contributed by atoms with Gasteiger partial charge in [0.15, 0.2) is 0 Å². The Hall–Kier alpha value is -3.78. The molecule has 1 aliphatic rings. The van der Waals surface area contributed by atoms with E-state index in [-0.39, 0.29) is 23.0 Å². The predicted octanol–water partition coefficient (Wildman–Crippen LogP) is 5.04. The van der Waals surface area contributed by atoms with Gasteiger partial charge >= 0.3 is 5.97 Å². The van der Waals surface area contributed by atoms with E-state index in [0.29, 0.717) is 16.8 Å². The maximum Gasteiger partial charge on any atom is 0.338 e. The monoisotopic (exact) mass is 520 g/mol. The third-order valence-corrected chi connectivity index (χ3v) is 5.79. The molecule has 0 radical (unpaired) electrons. The molecule has 2 aromatic carbocycles. The number of amides is 1. The molecule has 4 rings (SSSR count). The third kappa shape index (κ3) is 4.49. The topological polar surface area (TPSA) is 96.8 Å². The summed E-state index contributed by atoms with van der Waals surface area (Å²) in [5.41, 5.74) is 1.44. The second kappa shape index (κ2) is 9.61. The smallest absolute Gasteiger partial charge is 0.338 e. The summed E-state index contributed by atoms with van der Waals surface area (Å²) in [6, 6.07) is 15.5. The van der Waals surface area contributed by atoms with Gasteiger partial charge in [-0.3, -0.25) is 19.5 Å². The number of halogens is 1. The number of carbonyl (C=O) groups excluding carboxylic acids is 3. The predicted molar refractivity (Wildman–Crippen MR) is 130 cm³/mol. The van der Waals surface area contributed by atoms with Gasteiger partial charge in [0, 0.05) is 28.1 Å². The Kier molecular flexibility index (Phi) is 6.61. The number of carbonyl (C=O) groups is 3. The Morgan fingerprint density at radius 3 is 2.44 bits per heavy atom. The van der Waals surface area contributed by atoms with Gasteiger partial charge in [-0.15, -0.1) is 0 Å². The summed E-state index contributed by atoms with van der Waals surface area (Å²) in [6.07, 6.45) is 2.80. The molecular weight excluding hydrogens is 500 g/mol. The number of hydrogen-bond donors (Lipinski definition) is 1. The molecule has 1 aromatic heterocycles. The Morgan fingerprint density at radius 2 is 1.79 bits per heavy atom. The van der Waals surface area contributed by atoms with Crippen LogP contribution in [0.4, 0.5) is 5.69 Å². The number of anilines is 1. The SMILES string of the molecule is CC(C)OC(=O)c1cccc(N2C(=O)C(=O)/C(=C(/O)c3ccc(Br)cc3)C2c2cccnc2)c1. The second-order valence-electron chi connectivity index (χ2n) is 7.97. The Morgan fingerprint density at radius 1 is 1.06 bits per heavy atom. The van der Waals surface area contributed by atoms with Crippen molar-refractivity contribution < 1.29 is 24.2 Å². The number of rotatable bonds is 5. The number of aliphatic hydroxyl groups is 1.